The molecule has 25 heavy (non-hydrogen) atoms. The molecule has 1 N–H and O–H groups in total. The van der Waals surface area contributed by atoms with Crippen LogP contribution >= 0.6 is 0 Å². The number of carbonyl (C=O) groups is 2. The van der Waals surface area contributed by atoms with E-state index in [-0.39, 0.29) is 19.1 Å². The maximum absolute atomic E-state index is 12.4. The molecule has 1 amide bonds. The quantitative estimate of drug-likeness (QED) is 0.693. The summed E-state index contributed by atoms with van der Waals surface area (Å²) in [5.41, 5.74) is 0.127. The molecule has 6 nitrogen and oxygen atoms in total. The molecular formula is C19H27NO5. The number of aliphatic carboxylic acids is 1. The van der Waals surface area contributed by atoms with E-state index in [1.807, 2.05) is 30.3 Å². The number of piperidine rings is 1. The lowest BCUT2D eigenvalue weighted by atomic mass is 9.80. The maximum atomic E-state index is 12.4. The third kappa shape index (κ3) is 5.54. The Morgan fingerprint density at radius 3 is 2.72 bits per heavy atom. The molecule has 1 atom stereocenters. The molecule has 1 heterocycles. The van der Waals surface area contributed by atoms with Crippen molar-refractivity contribution in [2.24, 2.45) is 5.41 Å². The summed E-state index contributed by atoms with van der Waals surface area (Å²) in [5, 5.41) is 9.54. The second kappa shape index (κ2) is 9.53. The minimum atomic E-state index is -0.980. The molecular weight excluding hydrogens is 322 g/mol. The van der Waals surface area contributed by atoms with Crippen LogP contribution in [0.4, 0.5) is 0 Å². The van der Waals surface area contributed by atoms with E-state index in [0.717, 1.165) is 5.56 Å². The van der Waals surface area contributed by atoms with Gasteiger partial charge in [-0.15, -0.1) is 0 Å². The highest BCUT2D eigenvalue weighted by atomic mass is 16.5. The van der Waals surface area contributed by atoms with Gasteiger partial charge in [-0.1, -0.05) is 30.3 Å². The van der Waals surface area contributed by atoms with E-state index in [0.29, 0.717) is 45.4 Å². The molecule has 1 aliphatic heterocycles. The van der Waals surface area contributed by atoms with E-state index in [1.54, 1.807) is 4.90 Å². The number of rotatable bonds is 9. The van der Waals surface area contributed by atoms with Gasteiger partial charge in [0.05, 0.1) is 13.2 Å². The zero-order valence-electron chi connectivity index (χ0n) is 14.8. The highest BCUT2D eigenvalue weighted by Gasteiger charge is 2.43. The van der Waals surface area contributed by atoms with Gasteiger partial charge in [0.25, 0.3) is 0 Å². The molecule has 0 bridgehead atoms. The Bertz CT molecular complexity index is 558. The normalized spacial score (nSPS) is 20.4. The average molecular weight is 349 g/mol. The summed E-state index contributed by atoms with van der Waals surface area (Å²) < 4.78 is 10.7. The van der Waals surface area contributed by atoms with Crippen molar-refractivity contribution in [1.82, 2.24) is 4.90 Å². The SMILES string of the molecule is COCC1(C(=O)O)CCCN(C(=O)CCCOCc2ccccc2)C1. The number of amides is 1. The smallest absolute Gasteiger partial charge is 0.313 e. The standard InChI is InChI=1S/C19H27NO5/c1-24-15-19(18(22)23)10-6-11-20(14-19)17(21)9-5-12-25-13-16-7-3-2-4-8-16/h2-4,7-8H,5-6,9-15H2,1H3,(H,22,23). The van der Waals surface area contributed by atoms with Gasteiger partial charge in [-0.3, -0.25) is 9.59 Å². The first-order valence-corrected chi connectivity index (χ1v) is 8.69. The number of hydrogen-bond donors (Lipinski definition) is 1. The average Bonchev–Trinajstić information content (AvgIpc) is 2.62. The van der Waals surface area contributed by atoms with Crippen LogP contribution in [0.25, 0.3) is 0 Å². The Morgan fingerprint density at radius 2 is 2.04 bits per heavy atom. The summed E-state index contributed by atoms with van der Waals surface area (Å²) in [6.07, 6.45) is 2.23. The van der Waals surface area contributed by atoms with Crippen LogP contribution in [0.1, 0.15) is 31.2 Å². The van der Waals surface area contributed by atoms with Crippen LogP contribution in [-0.4, -0.2) is 55.3 Å². The van der Waals surface area contributed by atoms with E-state index < -0.39 is 11.4 Å². The number of benzene rings is 1. The Kier molecular flexibility index (Phi) is 7.40. The van der Waals surface area contributed by atoms with Gasteiger partial charge < -0.3 is 19.5 Å². The summed E-state index contributed by atoms with van der Waals surface area (Å²) in [6, 6.07) is 9.89. The van der Waals surface area contributed by atoms with Crippen LogP contribution in [0.15, 0.2) is 30.3 Å². The molecule has 1 saturated heterocycles. The van der Waals surface area contributed by atoms with Crippen LogP contribution in [0.5, 0.6) is 0 Å². The van der Waals surface area contributed by atoms with Crippen LogP contribution in [-0.2, 0) is 25.7 Å². The molecule has 1 aromatic carbocycles. The lowest BCUT2D eigenvalue weighted by molar-refractivity contribution is -0.159. The topological polar surface area (TPSA) is 76.1 Å². The zero-order chi connectivity index (χ0) is 18.1. The van der Waals surface area contributed by atoms with Gasteiger partial charge in [-0.2, -0.15) is 0 Å². The first kappa shape index (κ1) is 19.4. The minimum absolute atomic E-state index is 0.00950. The van der Waals surface area contributed by atoms with Gasteiger partial charge >= 0.3 is 5.97 Å². The van der Waals surface area contributed by atoms with Gasteiger partial charge in [-0.25, -0.2) is 0 Å². The number of methoxy groups -OCH3 is 1. The molecule has 1 fully saturated rings. The third-order valence-electron chi connectivity index (χ3n) is 4.59. The van der Waals surface area contributed by atoms with Crippen molar-refractivity contribution in [2.45, 2.75) is 32.3 Å². The summed E-state index contributed by atoms with van der Waals surface area (Å²) in [4.78, 5) is 25.7. The first-order valence-electron chi connectivity index (χ1n) is 8.69. The predicted molar refractivity (Wildman–Crippen MR) is 93.1 cm³/mol. The number of carbonyl (C=O) groups excluding carboxylic acids is 1. The summed E-state index contributed by atoms with van der Waals surface area (Å²) in [5.74, 6) is -0.900. The Labute approximate surface area is 148 Å². The van der Waals surface area contributed by atoms with Gasteiger partial charge in [0.1, 0.15) is 5.41 Å². The highest BCUT2D eigenvalue weighted by Crippen LogP contribution is 2.31. The summed E-state index contributed by atoms with van der Waals surface area (Å²) >= 11 is 0. The number of nitrogens with zero attached hydrogens (tertiary/aromatic N) is 1. The van der Waals surface area contributed by atoms with Gasteiger partial charge in [0.2, 0.25) is 5.91 Å². The molecule has 0 spiro atoms. The van der Waals surface area contributed by atoms with Gasteiger partial charge in [0.15, 0.2) is 0 Å². The molecule has 0 aromatic heterocycles. The van der Waals surface area contributed by atoms with Gasteiger partial charge in [0, 0.05) is 33.2 Å². The number of hydrogen-bond acceptors (Lipinski definition) is 4. The van der Waals surface area contributed by atoms with Crippen molar-refractivity contribution in [3.8, 4) is 0 Å². The fraction of sp³-hybridized carbons (Fsp3) is 0.579. The van der Waals surface area contributed by atoms with E-state index >= 15 is 0 Å². The lowest BCUT2D eigenvalue weighted by Gasteiger charge is -2.39. The molecule has 0 radical (unpaired) electrons. The Balaban J connectivity index is 1.73. The minimum Gasteiger partial charge on any atom is -0.481 e. The molecule has 6 heteroatoms. The van der Waals surface area contributed by atoms with Gasteiger partial charge in [-0.05, 0) is 24.8 Å². The van der Waals surface area contributed by atoms with Crippen molar-refractivity contribution in [3.05, 3.63) is 35.9 Å². The van der Waals surface area contributed by atoms with Crippen molar-refractivity contribution in [3.63, 3.8) is 0 Å². The number of carboxylic acids is 1. The number of ether oxygens (including phenoxy) is 2. The van der Waals surface area contributed by atoms with Crippen molar-refractivity contribution < 1.29 is 24.2 Å². The predicted octanol–water partition coefficient (Wildman–Crippen LogP) is 2.32. The fourth-order valence-electron chi connectivity index (χ4n) is 3.22. The second-order valence-electron chi connectivity index (χ2n) is 6.58. The largest absolute Gasteiger partial charge is 0.481 e. The van der Waals surface area contributed by atoms with E-state index in [1.165, 1.54) is 7.11 Å². The number of likely N-dealkylation sites (tertiary alicyclic amines) is 1. The van der Waals surface area contributed by atoms with Crippen LogP contribution < -0.4 is 0 Å². The van der Waals surface area contributed by atoms with Crippen LogP contribution in [0, 0.1) is 5.41 Å². The van der Waals surface area contributed by atoms with Crippen molar-refractivity contribution in [2.75, 3.05) is 33.4 Å². The van der Waals surface area contributed by atoms with Crippen molar-refractivity contribution in [1.29, 1.82) is 0 Å². The number of carboxylic acid groups (broad SMARTS) is 1. The molecule has 2 rings (SSSR count). The van der Waals surface area contributed by atoms with Crippen LogP contribution in [0.2, 0.25) is 0 Å². The Morgan fingerprint density at radius 1 is 1.28 bits per heavy atom. The second-order valence-corrected chi connectivity index (χ2v) is 6.58. The van der Waals surface area contributed by atoms with E-state index in [4.69, 9.17) is 9.47 Å². The summed E-state index contributed by atoms with van der Waals surface area (Å²) in [6.45, 7) is 2.01. The molecule has 138 valence electrons. The van der Waals surface area contributed by atoms with E-state index in [2.05, 4.69) is 0 Å². The highest BCUT2D eigenvalue weighted by molar-refractivity contribution is 5.79. The third-order valence-corrected chi connectivity index (χ3v) is 4.59. The monoisotopic (exact) mass is 349 g/mol. The lowest BCUT2D eigenvalue weighted by Crippen LogP contribution is -2.52. The van der Waals surface area contributed by atoms with E-state index in [9.17, 15) is 14.7 Å². The first-order chi connectivity index (χ1) is 12.1. The summed E-state index contributed by atoms with van der Waals surface area (Å²) in [7, 11) is 1.50. The molecule has 0 aliphatic carbocycles. The molecule has 1 aromatic rings. The molecule has 1 unspecified atom stereocenters. The zero-order valence-corrected chi connectivity index (χ0v) is 14.8. The maximum Gasteiger partial charge on any atom is 0.313 e. The fourth-order valence-corrected chi connectivity index (χ4v) is 3.22. The molecule has 0 saturated carbocycles. The Hall–Kier alpha value is -1.92. The van der Waals surface area contributed by atoms with Crippen molar-refractivity contribution >= 4 is 11.9 Å². The molecule has 1 aliphatic rings. The van der Waals surface area contributed by atoms with Crippen LogP contribution in [0.3, 0.4) is 0 Å².